The first-order valence-electron chi connectivity index (χ1n) is 8.12. The zero-order chi connectivity index (χ0) is 16.8. The lowest BCUT2D eigenvalue weighted by Crippen LogP contribution is -2.24. The van der Waals surface area contributed by atoms with Gasteiger partial charge in [-0.1, -0.05) is 48.0 Å². The molecule has 0 radical (unpaired) electrons. The number of carbonyl (C=O) groups is 1. The summed E-state index contributed by atoms with van der Waals surface area (Å²) in [7, 11) is 0. The van der Waals surface area contributed by atoms with Crippen LogP contribution in [0, 0.1) is 6.92 Å². The Morgan fingerprint density at radius 3 is 2.67 bits per heavy atom. The number of amides is 1. The number of fused-ring (bicyclic) bond motifs is 1. The van der Waals surface area contributed by atoms with E-state index in [1.165, 1.54) is 5.56 Å². The molecule has 2 aromatic carbocycles. The van der Waals surface area contributed by atoms with Crippen molar-refractivity contribution in [1.29, 1.82) is 0 Å². The molecule has 0 fully saturated rings. The number of hydrogen-bond acceptors (Lipinski definition) is 3. The number of carbonyl (C=O) groups excluding carboxylic acids is 1. The standard InChI is InChI=1S/C20H21N3O/c1-15-7-9-16(10-8-15)14-23-19(24)11-13-21-18-6-2-4-17-5-3-12-22-20(17)18/h2-10,12,21H,11,13-14H2,1H3,(H,23,24). The predicted octanol–water partition coefficient (Wildman–Crippen LogP) is 3.66. The molecule has 3 aromatic rings. The van der Waals surface area contributed by atoms with Crippen molar-refractivity contribution in [2.24, 2.45) is 0 Å². The Kier molecular flexibility index (Phi) is 5.06. The third-order valence-electron chi connectivity index (χ3n) is 3.91. The van der Waals surface area contributed by atoms with Gasteiger partial charge in [-0.2, -0.15) is 0 Å². The normalized spacial score (nSPS) is 10.5. The molecule has 3 rings (SSSR count). The second kappa shape index (κ2) is 7.59. The average Bonchev–Trinajstić information content (AvgIpc) is 2.61. The van der Waals surface area contributed by atoms with Crippen LogP contribution < -0.4 is 10.6 Å². The van der Waals surface area contributed by atoms with Crippen molar-refractivity contribution in [3.8, 4) is 0 Å². The van der Waals surface area contributed by atoms with Gasteiger partial charge in [0.15, 0.2) is 0 Å². The summed E-state index contributed by atoms with van der Waals surface area (Å²) in [4.78, 5) is 16.4. The van der Waals surface area contributed by atoms with Gasteiger partial charge < -0.3 is 10.6 Å². The highest BCUT2D eigenvalue weighted by Crippen LogP contribution is 2.20. The smallest absolute Gasteiger partial charge is 0.222 e. The molecule has 0 saturated heterocycles. The van der Waals surface area contributed by atoms with E-state index in [1.54, 1.807) is 6.20 Å². The van der Waals surface area contributed by atoms with Crippen LogP contribution in [0.15, 0.2) is 60.8 Å². The van der Waals surface area contributed by atoms with Crippen molar-refractivity contribution >= 4 is 22.5 Å². The SMILES string of the molecule is Cc1ccc(CNC(=O)CCNc2cccc3cccnc23)cc1. The van der Waals surface area contributed by atoms with E-state index in [-0.39, 0.29) is 5.91 Å². The fourth-order valence-electron chi connectivity index (χ4n) is 2.55. The van der Waals surface area contributed by atoms with Gasteiger partial charge in [0.05, 0.1) is 11.2 Å². The number of aryl methyl sites for hydroxylation is 1. The van der Waals surface area contributed by atoms with E-state index in [2.05, 4.69) is 34.7 Å². The second-order valence-corrected chi connectivity index (χ2v) is 5.82. The van der Waals surface area contributed by atoms with Crippen LogP contribution in [0.2, 0.25) is 0 Å². The number of aromatic nitrogens is 1. The molecule has 0 atom stereocenters. The fourth-order valence-corrected chi connectivity index (χ4v) is 2.55. The number of para-hydroxylation sites is 1. The van der Waals surface area contributed by atoms with E-state index in [1.807, 2.05) is 42.5 Å². The van der Waals surface area contributed by atoms with Crippen LogP contribution in [0.25, 0.3) is 10.9 Å². The van der Waals surface area contributed by atoms with Crippen LogP contribution in [0.1, 0.15) is 17.5 Å². The molecule has 0 aliphatic carbocycles. The van der Waals surface area contributed by atoms with Gasteiger partial charge in [0.25, 0.3) is 0 Å². The number of nitrogens with one attached hydrogen (secondary N) is 2. The van der Waals surface area contributed by atoms with E-state index < -0.39 is 0 Å². The molecule has 1 aromatic heterocycles. The first-order chi connectivity index (χ1) is 11.7. The second-order valence-electron chi connectivity index (χ2n) is 5.82. The van der Waals surface area contributed by atoms with Crippen molar-refractivity contribution in [3.63, 3.8) is 0 Å². The van der Waals surface area contributed by atoms with Gasteiger partial charge in [0.2, 0.25) is 5.91 Å². The number of pyridine rings is 1. The van der Waals surface area contributed by atoms with Gasteiger partial charge in [0.1, 0.15) is 0 Å². The van der Waals surface area contributed by atoms with E-state index in [0.717, 1.165) is 22.2 Å². The highest BCUT2D eigenvalue weighted by Gasteiger charge is 2.04. The summed E-state index contributed by atoms with van der Waals surface area (Å²) < 4.78 is 0. The summed E-state index contributed by atoms with van der Waals surface area (Å²) in [5, 5.41) is 7.34. The van der Waals surface area contributed by atoms with Gasteiger partial charge in [-0.05, 0) is 24.6 Å². The first-order valence-corrected chi connectivity index (χ1v) is 8.12. The Morgan fingerprint density at radius 1 is 1.04 bits per heavy atom. The molecule has 0 saturated carbocycles. The van der Waals surface area contributed by atoms with Crippen molar-refractivity contribution in [3.05, 3.63) is 71.9 Å². The maximum Gasteiger partial charge on any atom is 0.222 e. The molecule has 2 N–H and O–H groups in total. The summed E-state index contributed by atoms with van der Waals surface area (Å²) in [6.07, 6.45) is 2.21. The van der Waals surface area contributed by atoms with Gasteiger partial charge in [-0.25, -0.2) is 0 Å². The summed E-state index contributed by atoms with van der Waals surface area (Å²) in [5.41, 5.74) is 4.22. The third-order valence-corrected chi connectivity index (χ3v) is 3.91. The Labute approximate surface area is 141 Å². The van der Waals surface area contributed by atoms with Gasteiger partial charge >= 0.3 is 0 Å². The van der Waals surface area contributed by atoms with Gasteiger partial charge in [-0.15, -0.1) is 0 Å². The zero-order valence-electron chi connectivity index (χ0n) is 13.8. The number of nitrogens with zero attached hydrogens (tertiary/aromatic N) is 1. The molecule has 24 heavy (non-hydrogen) atoms. The van der Waals surface area contributed by atoms with E-state index in [4.69, 9.17) is 0 Å². The molecule has 0 spiro atoms. The summed E-state index contributed by atoms with van der Waals surface area (Å²) in [5.74, 6) is 0.0382. The van der Waals surface area contributed by atoms with Gasteiger partial charge in [0, 0.05) is 31.1 Å². The van der Waals surface area contributed by atoms with Crippen LogP contribution in [0.4, 0.5) is 5.69 Å². The Balaban J connectivity index is 1.48. The predicted molar refractivity (Wildman–Crippen MR) is 97.9 cm³/mol. The molecule has 0 bridgehead atoms. The van der Waals surface area contributed by atoms with Crippen LogP contribution >= 0.6 is 0 Å². The molecule has 4 nitrogen and oxygen atoms in total. The summed E-state index contributed by atoms with van der Waals surface area (Å²) in [6, 6.07) is 18.1. The quantitative estimate of drug-likeness (QED) is 0.729. The third kappa shape index (κ3) is 4.10. The summed E-state index contributed by atoms with van der Waals surface area (Å²) in [6.45, 7) is 3.19. The average molecular weight is 319 g/mol. The highest BCUT2D eigenvalue weighted by molar-refractivity contribution is 5.90. The lowest BCUT2D eigenvalue weighted by atomic mass is 10.1. The fraction of sp³-hybridized carbons (Fsp3) is 0.200. The largest absolute Gasteiger partial charge is 0.383 e. The van der Waals surface area contributed by atoms with E-state index in [9.17, 15) is 4.79 Å². The minimum absolute atomic E-state index is 0.0382. The van der Waals surface area contributed by atoms with Crippen molar-refractivity contribution in [2.75, 3.05) is 11.9 Å². The molecule has 0 unspecified atom stereocenters. The number of anilines is 1. The summed E-state index contributed by atoms with van der Waals surface area (Å²) >= 11 is 0. The van der Waals surface area contributed by atoms with Crippen LogP contribution in [0.3, 0.4) is 0 Å². The van der Waals surface area contributed by atoms with Crippen LogP contribution in [-0.4, -0.2) is 17.4 Å². The zero-order valence-corrected chi connectivity index (χ0v) is 13.8. The molecule has 0 aliphatic rings. The maximum atomic E-state index is 12.0. The van der Waals surface area contributed by atoms with E-state index >= 15 is 0 Å². The van der Waals surface area contributed by atoms with E-state index in [0.29, 0.717) is 19.5 Å². The molecule has 1 heterocycles. The molecular formula is C20H21N3O. The molecule has 122 valence electrons. The molecule has 4 heteroatoms. The maximum absolute atomic E-state index is 12.0. The monoisotopic (exact) mass is 319 g/mol. The Morgan fingerprint density at radius 2 is 1.83 bits per heavy atom. The van der Waals surface area contributed by atoms with Crippen molar-refractivity contribution in [1.82, 2.24) is 10.3 Å². The lowest BCUT2D eigenvalue weighted by molar-refractivity contribution is -0.121. The van der Waals surface area contributed by atoms with Crippen molar-refractivity contribution < 1.29 is 4.79 Å². The van der Waals surface area contributed by atoms with Crippen LogP contribution in [0.5, 0.6) is 0 Å². The Bertz CT molecular complexity index is 822. The minimum Gasteiger partial charge on any atom is -0.383 e. The van der Waals surface area contributed by atoms with Gasteiger partial charge in [-0.3, -0.25) is 9.78 Å². The lowest BCUT2D eigenvalue weighted by Gasteiger charge is -2.09. The Hall–Kier alpha value is -2.88. The highest BCUT2D eigenvalue weighted by atomic mass is 16.1. The van der Waals surface area contributed by atoms with Crippen molar-refractivity contribution in [2.45, 2.75) is 19.9 Å². The minimum atomic E-state index is 0.0382. The molecular weight excluding hydrogens is 298 g/mol. The number of benzene rings is 2. The number of hydrogen-bond donors (Lipinski definition) is 2. The number of rotatable bonds is 6. The molecule has 0 aliphatic heterocycles. The molecule has 1 amide bonds. The topological polar surface area (TPSA) is 54.0 Å². The first kappa shape index (κ1) is 16.0. The van der Waals surface area contributed by atoms with Crippen LogP contribution in [-0.2, 0) is 11.3 Å².